The van der Waals surface area contributed by atoms with Gasteiger partial charge in [0.1, 0.15) is 11.0 Å². The molecule has 104 valence electrons. The number of hydrogen-bond donors (Lipinski definition) is 1. The molecule has 1 aromatic heterocycles. The van der Waals surface area contributed by atoms with Crippen LogP contribution in [0, 0.1) is 0 Å². The first-order chi connectivity index (χ1) is 8.95. The summed E-state index contributed by atoms with van der Waals surface area (Å²) in [5, 5.41) is 10.6. The van der Waals surface area contributed by atoms with Crippen LogP contribution in [0.15, 0.2) is 12.1 Å². The Balaban J connectivity index is 2.24. The lowest BCUT2D eigenvalue weighted by Crippen LogP contribution is -2.44. The smallest absolute Gasteiger partial charge is 0.163 e. The van der Waals surface area contributed by atoms with Crippen LogP contribution in [0.1, 0.15) is 43.5 Å². The van der Waals surface area contributed by atoms with E-state index in [4.69, 9.17) is 11.6 Å². The van der Waals surface area contributed by atoms with E-state index >= 15 is 0 Å². The van der Waals surface area contributed by atoms with Gasteiger partial charge in [-0.15, -0.1) is 0 Å². The van der Waals surface area contributed by atoms with E-state index in [9.17, 15) is 9.90 Å². The molecule has 4 nitrogen and oxygen atoms in total. The summed E-state index contributed by atoms with van der Waals surface area (Å²) in [4.78, 5) is 18.0. The van der Waals surface area contributed by atoms with E-state index in [1.807, 2.05) is 11.8 Å². The molecule has 0 saturated carbocycles. The average Bonchev–Trinajstić information content (AvgIpc) is 2.39. The van der Waals surface area contributed by atoms with Crippen molar-refractivity contribution in [2.45, 2.75) is 38.7 Å². The second-order valence-electron chi connectivity index (χ2n) is 5.13. The molecule has 0 spiro atoms. The first kappa shape index (κ1) is 14.3. The normalized spacial score (nSPS) is 18.4. The Morgan fingerprint density at radius 3 is 2.63 bits per heavy atom. The van der Waals surface area contributed by atoms with Gasteiger partial charge in [-0.25, -0.2) is 4.98 Å². The number of hydrogen-bond acceptors (Lipinski definition) is 4. The minimum atomic E-state index is -0.578. The summed E-state index contributed by atoms with van der Waals surface area (Å²) in [6.07, 6.45) is 2.13. The van der Waals surface area contributed by atoms with E-state index in [1.54, 1.807) is 12.1 Å². The zero-order chi connectivity index (χ0) is 14.0. The van der Waals surface area contributed by atoms with Gasteiger partial charge in [-0.1, -0.05) is 18.5 Å². The van der Waals surface area contributed by atoms with Crippen molar-refractivity contribution in [3.8, 4) is 0 Å². The molecule has 5 heteroatoms. The van der Waals surface area contributed by atoms with Crippen LogP contribution in [0.5, 0.6) is 0 Å². The number of ketones is 1. The molecule has 0 radical (unpaired) electrons. The van der Waals surface area contributed by atoms with Crippen molar-refractivity contribution >= 4 is 23.2 Å². The molecule has 0 unspecified atom stereocenters. The molecule has 0 aliphatic carbocycles. The number of carbonyl (C=O) groups excluding carboxylic acids is 1. The fourth-order valence-corrected chi connectivity index (χ4v) is 2.57. The molecule has 1 aliphatic heterocycles. The molecule has 1 saturated heterocycles. The van der Waals surface area contributed by atoms with Crippen LogP contribution in [0.25, 0.3) is 0 Å². The van der Waals surface area contributed by atoms with Crippen LogP contribution in [0.3, 0.4) is 0 Å². The number of carbonyl (C=O) groups is 1. The lowest BCUT2D eigenvalue weighted by Gasteiger charge is -2.38. The standard InChI is InChI=1S/C14H19ClN2O2/c1-3-14(19)6-8-17(9-7-14)13-11(10(2)18)4-5-12(15)16-13/h4-5,19H,3,6-9H2,1-2H3. The van der Waals surface area contributed by atoms with Crippen LogP contribution in [-0.4, -0.2) is 34.6 Å². The Hall–Kier alpha value is -1.13. The van der Waals surface area contributed by atoms with Crippen LogP contribution >= 0.6 is 11.6 Å². The number of halogens is 1. The number of rotatable bonds is 3. The molecule has 1 aromatic rings. The van der Waals surface area contributed by atoms with E-state index in [2.05, 4.69) is 4.98 Å². The van der Waals surface area contributed by atoms with Gasteiger partial charge in [0.2, 0.25) is 0 Å². The topological polar surface area (TPSA) is 53.4 Å². The summed E-state index contributed by atoms with van der Waals surface area (Å²) in [5.74, 6) is 0.619. The first-order valence-electron chi connectivity index (χ1n) is 6.60. The van der Waals surface area contributed by atoms with Gasteiger partial charge < -0.3 is 10.0 Å². The summed E-state index contributed by atoms with van der Waals surface area (Å²) in [5.41, 5.74) is 0.0113. The predicted molar refractivity (Wildman–Crippen MR) is 75.9 cm³/mol. The number of pyridine rings is 1. The summed E-state index contributed by atoms with van der Waals surface area (Å²) in [6, 6.07) is 3.35. The van der Waals surface area contributed by atoms with Gasteiger partial charge >= 0.3 is 0 Å². The van der Waals surface area contributed by atoms with Crippen LogP contribution < -0.4 is 4.90 Å². The van der Waals surface area contributed by atoms with E-state index < -0.39 is 5.60 Å². The van der Waals surface area contributed by atoms with Crippen LogP contribution in [-0.2, 0) is 0 Å². The van der Waals surface area contributed by atoms with Crippen molar-refractivity contribution in [1.82, 2.24) is 4.98 Å². The van der Waals surface area contributed by atoms with Gasteiger partial charge in [-0.2, -0.15) is 0 Å². The van der Waals surface area contributed by atoms with E-state index in [1.165, 1.54) is 6.92 Å². The molecule has 1 fully saturated rings. The zero-order valence-electron chi connectivity index (χ0n) is 11.3. The third-order valence-corrected chi connectivity index (χ3v) is 4.08. The Kier molecular flexibility index (Phi) is 4.11. The summed E-state index contributed by atoms with van der Waals surface area (Å²) < 4.78 is 0. The fourth-order valence-electron chi connectivity index (χ4n) is 2.43. The SMILES string of the molecule is CCC1(O)CCN(c2nc(Cl)ccc2C(C)=O)CC1. The monoisotopic (exact) mass is 282 g/mol. The Bertz CT molecular complexity index is 482. The molecule has 1 aliphatic rings. The van der Waals surface area contributed by atoms with Crippen LogP contribution in [0.2, 0.25) is 5.15 Å². The van der Waals surface area contributed by atoms with Gasteiger partial charge in [0.15, 0.2) is 5.78 Å². The maximum atomic E-state index is 11.6. The van der Waals surface area contributed by atoms with Gasteiger partial charge in [-0.05, 0) is 38.3 Å². The molecule has 0 aromatic carbocycles. The highest BCUT2D eigenvalue weighted by molar-refractivity contribution is 6.29. The molecule has 0 atom stereocenters. The number of aliphatic hydroxyl groups is 1. The zero-order valence-corrected chi connectivity index (χ0v) is 12.1. The van der Waals surface area contributed by atoms with Gasteiger partial charge in [0, 0.05) is 13.1 Å². The van der Waals surface area contributed by atoms with Crippen molar-refractivity contribution in [2.24, 2.45) is 0 Å². The maximum absolute atomic E-state index is 11.6. The third-order valence-electron chi connectivity index (χ3n) is 3.87. The highest BCUT2D eigenvalue weighted by Crippen LogP contribution is 2.30. The quantitative estimate of drug-likeness (QED) is 0.684. The van der Waals surface area contributed by atoms with E-state index in [0.29, 0.717) is 42.5 Å². The second kappa shape index (κ2) is 5.47. The van der Waals surface area contributed by atoms with Gasteiger partial charge in [0.05, 0.1) is 11.2 Å². The second-order valence-corrected chi connectivity index (χ2v) is 5.51. The van der Waals surface area contributed by atoms with Crippen molar-refractivity contribution in [2.75, 3.05) is 18.0 Å². The summed E-state index contributed by atoms with van der Waals surface area (Å²) in [7, 11) is 0. The number of aromatic nitrogens is 1. The number of Topliss-reactive ketones (excluding diaryl/α,β-unsaturated/α-hetero) is 1. The molecule has 0 bridgehead atoms. The Labute approximate surface area is 118 Å². The van der Waals surface area contributed by atoms with Gasteiger partial charge in [-0.3, -0.25) is 4.79 Å². The molecular weight excluding hydrogens is 264 g/mol. The van der Waals surface area contributed by atoms with Crippen molar-refractivity contribution < 1.29 is 9.90 Å². The molecule has 2 heterocycles. The number of nitrogens with zero attached hydrogens (tertiary/aromatic N) is 2. The van der Waals surface area contributed by atoms with Crippen molar-refractivity contribution in [1.29, 1.82) is 0 Å². The highest BCUT2D eigenvalue weighted by Gasteiger charge is 2.31. The molecular formula is C14H19ClN2O2. The fraction of sp³-hybridized carbons (Fsp3) is 0.571. The summed E-state index contributed by atoms with van der Waals surface area (Å²) >= 11 is 5.93. The average molecular weight is 283 g/mol. The summed E-state index contributed by atoms with van der Waals surface area (Å²) in [6.45, 7) is 4.91. The van der Waals surface area contributed by atoms with Crippen LogP contribution in [0.4, 0.5) is 5.82 Å². The van der Waals surface area contributed by atoms with E-state index in [-0.39, 0.29) is 5.78 Å². The van der Waals surface area contributed by atoms with Crippen molar-refractivity contribution in [3.63, 3.8) is 0 Å². The number of anilines is 1. The largest absolute Gasteiger partial charge is 0.390 e. The number of piperidine rings is 1. The Morgan fingerprint density at radius 1 is 1.47 bits per heavy atom. The lowest BCUT2D eigenvalue weighted by atomic mass is 9.89. The van der Waals surface area contributed by atoms with E-state index in [0.717, 1.165) is 6.42 Å². The first-order valence-corrected chi connectivity index (χ1v) is 6.98. The lowest BCUT2D eigenvalue weighted by molar-refractivity contribution is 0.0124. The maximum Gasteiger partial charge on any atom is 0.163 e. The Morgan fingerprint density at radius 2 is 2.11 bits per heavy atom. The predicted octanol–water partition coefficient (Wildman–Crippen LogP) is 2.68. The molecule has 19 heavy (non-hydrogen) atoms. The minimum absolute atomic E-state index is 0.0181. The minimum Gasteiger partial charge on any atom is -0.390 e. The molecule has 2 rings (SSSR count). The third kappa shape index (κ3) is 3.07. The molecule has 1 N–H and O–H groups in total. The molecule has 0 amide bonds. The van der Waals surface area contributed by atoms with Gasteiger partial charge in [0.25, 0.3) is 0 Å². The van der Waals surface area contributed by atoms with Crippen molar-refractivity contribution in [3.05, 3.63) is 22.8 Å². The highest BCUT2D eigenvalue weighted by atomic mass is 35.5.